The van der Waals surface area contributed by atoms with E-state index in [4.69, 9.17) is 10.5 Å². The zero-order chi connectivity index (χ0) is 14.6. The van der Waals surface area contributed by atoms with Gasteiger partial charge in [-0.1, -0.05) is 32.9 Å². The highest BCUT2D eigenvalue weighted by atomic mass is 16.5. The Balaban J connectivity index is 2.14. The molecule has 20 heavy (non-hydrogen) atoms. The fourth-order valence-corrected chi connectivity index (χ4v) is 1.83. The summed E-state index contributed by atoms with van der Waals surface area (Å²) in [4.78, 5) is 8.32. The molecule has 1 aromatic carbocycles. The molecule has 0 unspecified atom stereocenters. The molecule has 4 heteroatoms. The van der Waals surface area contributed by atoms with Gasteiger partial charge >= 0.3 is 0 Å². The van der Waals surface area contributed by atoms with E-state index >= 15 is 0 Å². The first-order chi connectivity index (χ1) is 9.55. The Bertz CT molecular complexity index is 564. The van der Waals surface area contributed by atoms with Gasteiger partial charge in [0, 0.05) is 12.7 Å². The fourth-order valence-electron chi connectivity index (χ4n) is 1.83. The number of ether oxygens (including phenoxy) is 1. The van der Waals surface area contributed by atoms with Gasteiger partial charge in [0.05, 0.1) is 11.9 Å². The highest BCUT2D eigenvalue weighted by Gasteiger charge is 2.17. The van der Waals surface area contributed by atoms with Gasteiger partial charge in [-0.15, -0.1) is 0 Å². The minimum atomic E-state index is 0.178. The smallest absolute Gasteiger partial charge is 0.238 e. The lowest BCUT2D eigenvalue weighted by molar-refractivity contribution is 0.455. The van der Waals surface area contributed by atoms with Crippen molar-refractivity contribution in [3.8, 4) is 11.6 Å². The summed E-state index contributed by atoms with van der Waals surface area (Å²) in [5.41, 5.74) is 7.73. The molecule has 0 bridgehead atoms. The minimum absolute atomic E-state index is 0.178. The lowest BCUT2D eigenvalue weighted by Crippen LogP contribution is -2.14. The topological polar surface area (TPSA) is 61.0 Å². The molecule has 0 atom stereocenters. The lowest BCUT2D eigenvalue weighted by atomic mass is 9.82. The van der Waals surface area contributed by atoms with Gasteiger partial charge in [0.2, 0.25) is 5.88 Å². The van der Waals surface area contributed by atoms with E-state index in [1.807, 2.05) is 12.1 Å². The van der Waals surface area contributed by atoms with Crippen LogP contribution in [0, 0.1) is 0 Å². The first kappa shape index (κ1) is 14.5. The molecule has 2 aromatic rings. The van der Waals surface area contributed by atoms with Crippen molar-refractivity contribution in [1.29, 1.82) is 0 Å². The van der Waals surface area contributed by atoms with E-state index in [9.17, 15) is 0 Å². The van der Waals surface area contributed by atoms with Crippen LogP contribution in [-0.2, 0) is 12.0 Å². The van der Waals surface area contributed by atoms with Crippen molar-refractivity contribution in [3.05, 3.63) is 47.9 Å². The van der Waals surface area contributed by atoms with E-state index < -0.39 is 0 Å². The average Bonchev–Trinajstić information content (AvgIpc) is 2.48. The molecule has 106 valence electrons. The quantitative estimate of drug-likeness (QED) is 0.905. The van der Waals surface area contributed by atoms with E-state index in [1.165, 1.54) is 5.56 Å². The summed E-state index contributed by atoms with van der Waals surface area (Å²) in [6.45, 7) is 7.02. The molecule has 0 spiro atoms. The molecule has 0 aliphatic carbocycles. The van der Waals surface area contributed by atoms with Crippen LogP contribution in [0.4, 0.5) is 0 Å². The van der Waals surface area contributed by atoms with Crippen molar-refractivity contribution < 1.29 is 4.74 Å². The normalized spacial score (nSPS) is 11.4. The van der Waals surface area contributed by atoms with E-state index in [1.54, 1.807) is 12.4 Å². The van der Waals surface area contributed by atoms with Gasteiger partial charge in [-0.3, -0.25) is 4.98 Å². The molecule has 0 fully saturated rings. The van der Waals surface area contributed by atoms with Gasteiger partial charge in [-0.05, 0) is 29.5 Å². The number of hydrogen-bond donors (Lipinski definition) is 1. The third-order valence-electron chi connectivity index (χ3n) is 3.61. The molecule has 2 rings (SSSR count). The number of hydrogen-bond acceptors (Lipinski definition) is 4. The Labute approximate surface area is 120 Å². The van der Waals surface area contributed by atoms with Crippen molar-refractivity contribution in [1.82, 2.24) is 9.97 Å². The van der Waals surface area contributed by atoms with Crippen molar-refractivity contribution in [2.24, 2.45) is 5.73 Å². The number of benzene rings is 1. The van der Waals surface area contributed by atoms with Crippen LogP contribution in [0.3, 0.4) is 0 Å². The van der Waals surface area contributed by atoms with Gasteiger partial charge in [-0.2, -0.15) is 0 Å². The maximum atomic E-state index is 5.69. The second kappa shape index (κ2) is 6.01. The molecule has 0 saturated heterocycles. The maximum Gasteiger partial charge on any atom is 0.238 e. The molecule has 0 aliphatic heterocycles. The Morgan fingerprint density at radius 3 is 2.45 bits per heavy atom. The summed E-state index contributed by atoms with van der Waals surface area (Å²) < 4.78 is 5.69. The fraction of sp³-hybridized carbons (Fsp3) is 0.375. The first-order valence-electron chi connectivity index (χ1n) is 6.84. The molecule has 0 aliphatic rings. The third kappa shape index (κ3) is 3.33. The number of nitrogens with zero attached hydrogens (tertiary/aromatic N) is 2. The van der Waals surface area contributed by atoms with Crippen molar-refractivity contribution in [2.45, 2.75) is 39.2 Å². The van der Waals surface area contributed by atoms with Crippen LogP contribution in [0.5, 0.6) is 11.6 Å². The highest BCUT2D eigenvalue weighted by Crippen LogP contribution is 2.29. The molecular formula is C16H21N3O. The van der Waals surface area contributed by atoms with Crippen LogP contribution in [0.15, 0.2) is 36.7 Å². The zero-order valence-corrected chi connectivity index (χ0v) is 12.3. The molecular weight excluding hydrogens is 250 g/mol. The number of nitrogens with two attached hydrogens (primary N) is 1. The van der Waals surface area contributed by atoms with Crippen LogP contribution < -0.4 is 10.5 Å². The molecule has 4 nitrogen and oxygen atoms in total. The van der Waals surface area contributed by atoms with Crippen LogP contribution in [0.25, 0.3) is 0 Å². The first-order valence-corrected chi connectivity index (χ1v) is 6.84. The summed E-state index contributed by atoms with van der Waals surface area (Å²) in [5, 5.41) is 0. The van der Waals surface area contributed by atoms with Gasteiger partial charge < -0.3 is 10.5 Å². The van der Waals surface area contributed by atoms with Crippen LogP contribution >= 0.6 is 0 Å². The van der Waals surface area contributed by atoms with Crippen LogP contribution in [0.2, 0.25) is 0 Å². The van der Waals surface area contributed by atoms with Crippen molar-refractivity contribution >= 4 is 0 Å². The van der Waals surface area contributed by atoms with Crippen molar-refractivity contribution in [2.75, 3.05) is 0 Å². The maximum absolute atomic E-state index is 5.69. The zero-order valence-electron chi connectivity index (χ0n) is 12.3. The Hall–Kier alpha value is -1.94. The van der Waals surface area contributed by atoms with Crippen LogP contribution in [-0.4, -0.2) is 9.97 Å². The van der Waals surface area contributed by atoms with Gasteiger partial charge in [0.1, 0.15) is 5.75 Å². The van der Waals surface area contributed by atoms with E-state index in [0.717, 1.165) is 12.2 Å². The molecule has 0 saturated carbocycles. The number of rotatable bonds is 5. The summed E-state index contributed by atoms with van der Waals surface area (Å²) in [6, 6.07) is 8.12. The third-order valence-corrected chi connectivity index (χ3v) is 3.61. The standard InChI is InChI=1S/C16H21N3O/c1-4-16(2,3)12-5-7-14(8-6-12)20-15-11-18-10-13(9-17)19-15/h5-8,10-11H,4,9,17H2,1-3H3. The monoisotopic (exact) mass is 271 g/mol. The lowest BCUT2D eigenvalue weighted by Gasteiger charge is -2.23. The predicted octanol–water partition coefficient (Wildman–Crippen LogP) is 3.42. The molecule has 1 aromatic heterocycles. The van der Waals surface area contributed by atoms with Crippen molar-refractivity contribution in [3.63, 3.8) is 0 Å². The second-order valence-electron chi connectivity index (χ2n) is 5.42. The highest BCUT2D eigenvalue weighted by molar-refractivity contribution is 5.33. The Kier molecular flexibility index (Phi) is 4.35. The molecule has 0 amide bonds. The van der Waals surface area contributed by atoms with E-state index in [-0.39, 0.29) is 5.41 Å². The van der Waals surface area contributed by atoms with E-state index in [2.05, 4.69) is 42.9 Å². The predicted molar refractivity (Wildman–Crippen MR) is 79.8 cm³/mol. The summed E-state index contributed by atoms with van der Waals surface area (Å²) in [7, 11) is 0. The Morgan fingerprint density at radius 2 is 1.85 bits per heavy atom. The SMILES string of the molecule is CCC(C)(C)c1ccc(Oc2cncc(CN)n2)cc1. The minimum Gasteiger partial charge on any atom is -0.437 e. The van der Waals surface area contributed by atoms with Gasteiger partial charge in [0.25, 0.3) is 0 Å². The molecule has 2 N–H and O–H groups in total. The summed E-state index contributed by atoms with van der Waals surface area (Å²) in [6.07, 6.45) is 4.32. The number of aromatic nitrogens is 2. The molecule has 1 heterocycles. The summed E-state index contributed by atoms with van der Waals surface area (Å²) >= 11 is 0. The van der Waals surface area contributed by atoms with Gasteiger partial charge in [-0.25, -0.2) is 4.98 Å². The second-order valence-corrected chi connectivity index (χ2v) is 5.42. The largest absolute Gasteiger partial charge is 0.437 e. The Morgan fingerprint density at radius 1 is 1.15 bits per heavy atom. The van der Waals surface area contributed by atoms with Gasteiger partial charge in [0.15, 0.2) is 0 Å². The van der Waals surface area contributed by atoms with E-state index in [0.29, 0.717) is 18.1 Å². The van der Waals surface area contributed by atoms with Crippen LogP contribution in [0.1, 0.15) is 38.4 Å². The average molecular weight is 271 g/mol. The summed E-state index contributed by atoms with van der Waals surface area (Å²) in [5.74, 6) is 1.22. The molecule has 0 radical (unpaired) electrons.